The van der Waals surface area contributed by atoms with Gasteiger partial charge in [-0.05, 0) is 32.9 Å². The monoisotopic (exact) mass is 387 g/mol. The zero-order valence-corrected chi connectivity index (χ0v) is 14.6. The third kappa shape index (κ3) is 5.73. The number of nitrogens with one attached hydrogen (secondary N) is 1. The second-order valence-corrected chi connectivity index (χ2v) is 6.46. The van der Waals surface area contributed by atoms with E-state index in [4.69, 9.17) is 13.9 Å². The normalized spacial score (nSPS) is 11.9. The Morgan fingerprint density at radius 3 is 2.41 bits per heavy atom. The van der Waals surface area contributed by atoms with Crippen LogP contribution in [0, 0.1) is 0 Å². The molecule has 1 heterocycles. The van der Waals surface area contributed by atoms with Gasteiger partial charge in [-0.3, -0.25) is 0 Å². The summed E-state index contributed by atoms with van der Waals surface area (Å²) in [5.41, 5.74) is -3.48. The van der Waals surface area contributed by atoms with Crippen LogP contribution in [-0.4, -0.2) is 24.2 Å². The van der Waals surface area contributed by atoms with E-state index >= 15 is 0 Å². The summed E-state index contributed by atoms with van der Waals surface area (Å²) in [4.78, 5) is 34.5. The molecule has 0 atom stereocenters. The average Bonchev–Trinajstić information content (AvgIpc) is 2.49. The van der Waals surface area contributed by atoms with Crippen LogP contribution in [-0.2, 0) is 15.7 Å². The van der Waals surface area contributed by atoms with E-state index in [2.05, 4.69) is 5.32 Å². The van der Waals surface area contributed by atoms with E-state index in [1.165, 1.54) is 0 Å². The molecule has 0 aliphatic carbocycles. The van der Waals surface area contributed by atoms with Crippen LogP contribution >= 0.6 is 0 Å². The van der Waals surface area contributed by atoms with E-state index in [1.807, 2.05) is 0 Å². The van der Waals surface area contributed by atoms with Crippen molar-refractivity contribution in [3.63, 3.8) is 0 Å². The van der Waals surface area contributed by atoms with E-state index in [1.54, 1.807) is 20.8 Å². The first-order valence-electron chi connectivity index (χ1n) is 7.68. The molecule has 0 aliphatic rings. The summed E-state index contributed by atoms with van der Waals surface area (Å²) in [6, 6.07) is 3.46. The molecule has 1 aromatic heterocycles. The minimum atomic E-state index is -4.75. The highest BCUT2D eigenvalue weighted by Gasteiger charge is 2.33. The van der Waals surface area contributed by atoms with Crippen molar-refractivity contribution in [1.82, 2.24) is 5.32 Å². The van der Waals surface area contributed by atoms with Gasteiger partial charge in [-0.25, -0.2) is 14.4 Å². The minimum Gasteiger partial charge on any atom is -0.444 e. The highest BCUT2D eigenvalue weighted by atomic mass is 19.4. The summed E-state index contributed by atoms with van der Waals surface area (Å²) >= 11 is 0. The molecule has 7 nitrogen and oxygen atoms in total. The van der Waals surface area contributed by atoms with Crippen LogP contribution in [0.25, 0.3) is 11.0 Å². The number of amides is 1. The fraction of sp³-hybridized carbons (Fsp3) is 0.353. The molecule has 0 radical (unpaired) electrons. The molecule has 1 amide bonds. The second-order valence-electron chi connectivity index (χ2n) is 6.46. The van der Waals surface area contributed by atoms with Gasteiger partial charge in [0.2, 0.25) is 0 Å². The molecule has 2 rings (SSSR count). The number of rotatable bonds is 3. The van der Waals surface area contributed by atoms with Crippen LogP contribution in [0.3, 0.4) is 0 Å². The van der Waals surface area contributed by atoms with Crippen LogP contribution in [0.1, 0.15) is 26.3 Å². The average molecular weight is 387 g/mol. The lowest BCUT2D eigenvalue weighted by molar-refractivity contribution is -0.136. The molecular weight excluding hydrogens is 371 g/mol. The molecule has 27 heavy (non-hydrogen) atoms. The summed E-state index contributed by atoms with van der Waals surface area (Å²) in [5.74, 6) is -1.05. The van der Waals surface area contributed by atoms with Gasteiger partial charge in [0.25, 0.3) is 0 Å². The lowest BCUT2D eigenvalue weighted by Gasteiger charge is -2.19. The fourth-order valence-electron chi connectivity index (χ4n) is 2.07. The summed E-state index contributed by atoms with van der Waals surface area (Å²) in [7, 11) is 0. The number of alkyl halides is 3. The number of esters is 1. The molecule has 0 saturated carbocycles. The van der Waals surface area contributed by atoms with Crippen molar-refractivity contribution in [2.75, 3.05) is 6.54 Å². The Bertz CT molecular complexity index is 927. The number of carbonyl (C=O) groups excluding carboxylic acids is 2. The maximum absolute atomic E-state index is 13.0. The van der Waals surface area contributed by atoms with E-state index < -0.39 is 41.6 Å². The number of alkyl carbamates (subject to hydrolysis) is 1. The smallest absolute Gasteiger partial charge is 0.417 e. The highest BCUT2D eigenvalue weighted by Crippen LogP contribution is 2.34. The van der Waals surface area contributed by atoms with E-state index in [-0.39, 0.29) is 16.7 Å². The summed E-state index contributed by atoms with van der Waals surface area (Å²) in [5, 5.41) is 1.82. The predicted molar refractivity (Wildman–Crippen MR) is 87.4 cm³/mol. The van der Waals surface area contributed by atoms with E-state index in [9.17, 15) is 27.6 Å². The van der Waals surface area contributed by atoms with Gasteiger partial charge in [-0.1, -0.05) is 0 Å². The zero-order chi connectivity index (χ0) is 20.4. The molecule has 0 spiro atoms. The SMILES string of the molecule is CC(C)(C)OC(=O)NCC(=O)Oc1ccc2c(C(F)(F)F)cc(=O)oc2c1. The lowest BCUT2D eigenvalue weighted by atomic mass is 10.1. The molecule has 146 valence electrons. The number of carbonyl (C=O) groups is 2. The van der Waals surface area contributed by atoms with Crippen molar-refractivity contribution in [1.29, 1.82) is 0 Å². The highest BCUT2D eigenvalue weighted by molar-refractivity contribution is 5.84. The standard InChI is InChI=1S/C17H16F3NO6/c1-16(2,3)27-15(24)21-8-14(23)25-9-4-5-10-11(17(18,19)20)7-13(22)26-12(10)6-9/h4-7H,8H2,1-3H3,(H,21,24). The van der Waals surface area contributed by atoms with Crippen molar-refractivity contribution in [3.8, 4) is 5.75 Å². The van der Waals surface area contributed by atoms with Crippen molar-refractivity contribution in [2.24, 2.45) is 0 Å². The molecular formula is C17H16F3NO6. The molecule has 0 saturated heterocycles. The van der Waals surface area contributed by atoms with Crippen molar-refractivity contribution < 1.29 is 36.7 Å². The van der Waals surface area contributed by atoms with Crippen molar-refractivity contribution >= 4 is 23.0 Å². The van der Waals surface area contributed by atoms with Crippen LogP contribution in [0.5, 0.6) is 5.75 Å². The van der Waals surface area contributed by atoms with Gasteiger partial charge in [0.1, 0.15) is 23.5 Å². The van der Waals surface area contributed by atoms with Crippen LogP contribution in [0.2, 0.25) is 0 Å². The Balaban J connectivity index is 2.13. The summed E-state index contributed by atoms with van der Waals surface area (Å²) in [6.07, 6.45) is -5.58. The second kappa shape index (κ2) is 7.29. The summed E-state index contributed by atoms with van der Waals surface area (Å²) < 4.78 is 53.5. The Morgan fingerprint density at radius 2 is 1.81 bits per heavy atom. The topological polar surface area (TPSA) is 94.8 Å². The van der Waals surface area contributed by atoms with Crippen molar-refractivity contribution in [3.05, 3.63) is 40.2 Å². The fourth-order valence-corrected chi connectivity index (χ4v) is 2.07. The van der Waals surface area contributed by atoms with Gasteiger partial charge in [0, 0.05) is 17.5 Å². The number of ether oxygens (including phenoxy) is 2. The summed E-state index contributed by atoms with van der Waals surface area (Å²) in [6.45, 7) is 4.40. The quantitative estimate of drug-likeness (QED) is 0.494. The first kappa shape index (κ1) is 20.3. The largest absolute Gasteiger partial charge is 0.444 e. The third-order valence-corrected chi connectivity index (χ3v) is 3.03. The number of hydrogen-bond donors (Lipinski definition) is 1. The maximum atomic E-state index is 13.0. The molecule has 10 heteroatoms. The minimum absolute atomic E-state index is 0.152. The van der Waals surface area contributed by atoms with Gasteiger partial charge in [-0.15, -0.1) is 0 Å². The Hall–Kier alpha value is -3.04. The van der Waals surface area contributed by atoms with Gasteiger partial charge < -0.3 is 19.2 Å². The zero-order valence-electron chi connectivity index (χ0n) is 14.6. The molecule has 0 unspecified atom stereocenters. The molecule has 0 fully saturated rings. The Kier molecular flexibility index (Phi) is 5.48. The number of hydrogen-bond acceptors (Lipinski definition) is 6. The van der Waals surface area contributed by atoms with Crippen LogP contribution in [0.4, 0.5) is 18.0 Å². The first-order valence-corrected chi connectivity index (χ1v) is 7.68. The number of halogens is 3. The molecule has 1 aromatic carbocycles. The van der Waals surface area contributed by atoms with Gasteiger partial charge in [-0.2, -0.15) is 13.2 Å². The number of fused-ring (bicyclic) bond motifs is 1. The first-order chi connectivity index (χ1) is 12.3. The van der Waals surface area contributed by atoms with E-state index in [0.29, 0.717) is 6.07 Å². The maximum Gasteiger partial charge on any atom is 0.417 e. The lowest BCUT2D eigenvalue weighted by Crippen LogP contribution is -2.36. The third-order valence-electron chi connectivity index (χ3n) is 3.03. The van der Waals surface area contributed by atoms with Gasteiger partial charge in [0.05, 0.1) is 5.56 Å². The molecule has 0 aliphatic heterocycles. The predicted octanol–water partition coefficient (Wildman–Crippen LogP) is 3.24. The van der Waals surface area contributed by atoms with Gasteiger partial charge in [0.15, 0.2) is 0 Å². The van der Waals surface area contributed by atoms with Crippen molar-refractivity contribution in [2.45, 2.75) is 32.5 Å². The Morgan fingerprint density at radius 1 is 1.15 bits per heavy atom. The number of benzene rings is 1. The van der Waals surface area contributed by atoms with E-state index in [0.717, 1.165) is 18.2 Å². The molecule has 0 bridgehead atoms. The van der Waals surface area contributed by atoms with Crippen LogP contribution in [0.15, 0.2) is 33.5 Å². The Labute approximate surface area is 151 Å². The molecule has 1 N–H and O–H groups in total. The van der Waals surface area contributed by atoms with Gasteiger partial charge >= 0.3 is 23.9 Å². The molecule has 2 aromatic rings. The van der Waals surface area contributed by atoms with Crippen LogP contribution < -0.4 is 15.7 Å².